The first-order valence-electron chi connectivity index (χ1n) is 4.86. The molecule has 0 amide bonds. The Kier molecular flexibility index (Phi) is 2.21. The molecule has 0 aliphatic carbocycles. The molecule has 0 radical (unpaired) electrons. The van der Waals surface area contributed by atoms with E-state index in [0.29, 0.717) is 5.92 Å². The Balaban J connectivity index is 2.21. The highest BCUT2D eigenvalue weighted by atomic mass is 16.5. The highest BCUT2D eigenvalue weighted by molar-refractivity contribution is 5.32. The molecule has 0 bridgehead atoms. The molecule has 2 heterocycles. The fraction of sp³-hybridized carbons (Fsp3) is 0.545. The van der Waals surface area contributed by atoms with Crippen LogP contribution >= 0.6 is 0 Å². The number of pyridine rings is 1. The molecule has 13 heavy (non-hydrogen) atoms. The Morgan fingerprint density at radius 2 is 2.38 bits per heavy atom. The third-order valence-electron chi connectivity index (χ3n) is 2.24. The maximum atomic E-state index is 5.35. The van der Waals surface area contributed by atoms with Gasteiger partial charge in [-0.3, -0.25) is 0 Å². The second kappa shape index (κ2) is 3.36. The number of aromatic nitrogens is 1. The van der Waals surface area contributed by atoms with Crippen LogP contribution in [0.4, 0.5) is 0 Å². The number of hydrogen-bond acceptors (Lipinski definition) is 2. The molecule has 0 unspecified atom stereocenters. The predicted molar refractivity (Wildman–Crippen MR) is 52.0 cm³/mol. The molecule has 1 aliphatic heterocycles. The van der Waals surface area contributed by atoms with Gasteiger partial charge in [-0.1, -0.05) is 13.8 Å². The molecule has 1 aromatic rings. The van der Waals surface area contributed by atoms with Gasteiger partial charge in [0.2, 0.25) is 5.88 Å². The third-order valence-corrected chi connectivity index (χ3v) is 2.24. The molecule has 70 valence electrons. The largest absolute Gasteiger partial charge is 0.477 e. The first-order chi connectivity index (χ1) is 6.25. The monoisotopic (exact) mass is 177 g/mol. The Bertz CT molecular complexity index is 307. The van der Waals surface area contributed by atoms with Crippen LogP contribution in [0, 0.1) is 5.92 Å². The summed E-state index contributed by atoms with van der Waals surface area (Å²) in [5.41, 5.74) is 2.61. The van der Waals surface area contributed by atoms with Crippen molar-refractivity contribution in [3.8, 4) is 5.88 Å². The van der Waals surface area contributed by atoms with Gasteiger partial charge in [0.25, 0.3) is 0 Å². The van der Waals surface area contributed by atoms with Crippen LogP contribution in [0.3, 0.4) is 0 Å². The molecule has 0 spiro atoms. The van der Waals surface area contributed by atoms with Gasteiger partial charge in [0.05, 0.1) is 6.61 Å². The van der Waals surface area contributed by atoms with E-state index in [1.807, 2.05) is 6.20 Å². The molecule has 2 rings (SSSR count). The summed E-state index contributed by atoms with van der Waals surface area (Å²) in [4.78, 5) is 4.29. The van der Waals surface area contributed by atoms with E-state index in [2.05, 4.69) is 24.9 Å². The lowest BCUT2D eigenvalue weighted by atomic mass is 10.0. The van der Waals surface area contributed by atoms with Crippen LogP contribution in [0.2, 0.25) is 0 Å². The lowest BCUT2D eigenvalue weighted by Gasteiger charge is -2.05. The minimum atomic E-state index is 0.696. The zero-order valence-electron chi connectivity index (χ0n) is 8.21. The van der Waals surface area contributed by atoms with Gasteiger partial charge in [-0.2, -0.15) is 0 Å². The number of fused-ring (bicyclic) bond motifs is 1. The van der Waals surface area contributed by atoms with Crippen LogP contribution in [0.15, 0.2) is 12.3 Å². The standard InChI is InChI=1S/C11H15NO/c1-8(2)5-9-6-10-3-4-13-11(10)12-7-9/h6-8H,3-5H2,1-2H3. The molecule has 0 N–H and O–H groups in total. The summed E-state index contributed by atoms with van der Waals surface area (Å²) < 4.78 is 5.35. The third kappa shape index (κ3) is 1.82. The lowest BCUT2D eigenvalue weighted by Crippen LogP contribution is -1.95. The molecular weight excluding hydrogens is 162 g/mol. The van der Waals surface area contributed by atoms with E-state index >= 15 is 0 Å². The number of hydrogen-bond donors (Lipinski definition) is 0. The van der Waals surface area contributed by atoms with E-state index in [1.165, 1.54) is 11.1 Å². The number of rotatable bonds is 2. The molecule has 0 saturated carbocycles. The second-order valence-corrected chi connectivity index (χ2v) is 4.00. The average Bonchev–Trinajstić information content (AvgIpc) is 2.49. The smallest absolute Gasteiger partial charge is 0.216 e. The highest BCUT2D eigenvalue weighted by Gasteiger charge is 2.13. The summed E-state index contributed by atoms with van der Waals surface area (Å²) in [6.45, 7) is 5.25. The molecule has 0 fully saturated rings. The summed E-state index contributed by atoms with van der Waals surface area (Å²) >= 11 is 0. The normalized spacial score (nSPS) is 14.4. The van der Waals surface area contributed by atoms with Crippen LogP contribution in [-0.2, 0) is 12.8 Å². The van der Waals surface area contributed by atoms with E-state index < -0.39 is 0 Å². The fourth-order valence-corrected chi connectivity index (χ4v) is 1.70. The Hall–Kier alpha value is -1.05. The van der Waals surface area contributed by atoms with Crippen molar-refractivity contribution in [2.45, 2.75) is 26.7 Å². The van der Waals surface area contributed by atoms with Crippen LogP contribution in [0.1, 0.15) is 25.0 Å². The molecule has 2 nitrogen and oxygen atoms in total. The van der Waals surface area contributed by atoms with Gasteiger partial charge in [-0.15, -0.1) is 0 Å². The molecule has 0 aromatic carbocycles. The fourth-order valence-electron chi connectivity index (χ4n) is 1.70. The zero-order valence-corrected chi connectivity index (χ0v) is 8.21. The molecular formula is C11H15NO. The SMILES string of the molecule is CC(C)Cc1cnc2c(c1)CCO2. The minimum Gasteiger partial charge on any atom is -0.477 e. The summed E-state index contributed by atoms with van der Waals surface area (Å²) in [5, 5.41) is 0. The van der Waals surface area contributed by atoms with E-state index in [-0.39, 0.29) is 0 Å². The van der Waals surface area contributed by atoms with Crippen molar-refractivity contribution >= 4 is 0 Å². The minimum absolute atomic E-state index is 0.696. The van der Waals surface area contributed by atoms with E-state index in [1.54, 1.807) is 0 Å². The summed E-state index contributed by atoms with van der Waals surface area (Å²) in [6.07, 6.45) is 4.07. The maximum absolute atomic E-state index is 5.35. The van der Waals surface area contributed by atoms with Gasteiger partial charge in [0.1, 0.15) is 0 Å². The van der Waals surface area contributed by atoms with Crippen molar-refractivity contribution in [1.29, 1.82) is 0 Å². The van der Waals surface area contributed by atoms with Crippen molar-refractivity contribution < 1.29 is 4.74 Å². The first-order valence-corrected chi connectivity index (χ1v) is 4.86. The molecule has 1 aliphatic rings. The second-order valence-electron chi connectivity index (χ2n) is 4.00. The van der Waals surface area contributed by atoms with Crippen LogP contribution < -0.4 is 4.74 Å². The summed E-state index contributed by atoms with van der Waals surface area (Å²) in [6, 6.07) is 2.23. The predicted octanol–water partition coefficient (Wildman–Crippen LogP) is 2.21. The number of ether oxygens (including phenoxy) is 1. The van der Waals surface area contributed by atoms with Gasteiger partial charge >= 0.3 is 0 Å². The lowest BCUT2D eigenvalue weighted by molar-refractivity contribution is 0.344. The van der Waals surface area contributed by atoms with Gasteiger partial charge in [0.15, 0.2) is 0 Å². The Labute approximate surface area is 78.9 Å². The number of nitrogens with zero attached hydrogens (tertiary/aromatic N) is 1. The Morgan fingerprint density at radius 3 is 3.15 bits per heavy atom. The Morgan fingerprint density at radius 1 is 1.54 bits per heavy atom. The van der Waals surface area contributed by atoms with Crippen molar-refractivity contribution in [1.82, 2.24) is 4.98 Å². The van der Waals surface area contributed by atoms with Gasteiger partial charge in [0, 0.05) is 18.2 Å². The highest BCUT2D eigenvalue weighted by Crippen LogP contribution is 2.23. The average molecular weight is 177 g/mol. The summed E-state index contributed by atoms with van der Waals surface area (Å²) in [5.74, 6) is 1.54. The molecule has 1 aromatic heterocycles. The first kappa shape index (κ1) is 8.54. The topological polar surface area (TPSA) is 22.1 Å². The maximum Gasteiger partial charge on any atom is 0.216 e. The van der Waals surface area contributed by atoms with E-state index in [4.69, 9.17) is 4.74 Å². The van der Waals surface area contributed by atoms with E-state index in [9.17, 15) is 0 Å². The van der Waals surface area contributed by atoms with Crippen molar-refractivity contribution in [2.24, 2.45) is 5.92 Å². The zero-order chi connectivity index (χ0) is 9.26. The van der Waals surface area contributed by atoms with Crippen LogP contribution in [0.25, 0.3) is 0 Å². The van der Waals surface area contributed by atoms with Crippen LogP contribution in [0.5, 0.6) is 5.88 Å². The van der Waals surface area contributed by atoms with Gasteiger partial charge in [-0.25, -0.2) is 4.98 Å². The van der Waals surface area contributed by atoms with Gasteiger partial charge < -0.3 is 4.74 Å². The molecule has 2 heteroatoms. The van der Waals surface area contributed by atoms with Crippen LogP contribution in [-0.4, -0.2) is 11.6 Å². The van der Waals surface area contributed by atoms with Crippen molar-refractivity contribution in [3.63, 3.8) is 0 Å². The molecule has 0 atom stereocenters. The molecule has 0 saturated heterocycles. The summed E-state index contributed by atoms with van der Waals surface area (Å²) in [7, 11) is 0. The van der Waals surface area contributed by atoms with Gasteiger partial charge in [-0.05, 0) is 24.0 Å². The van der Waals surface area contributed by atoms with Crippen molar-refractivity contribution in [3.05, 3.63) is 23.4 Å². The van der Waals surface area contributed by atoms with E-state index in [0.717, 1.165) is 25.3 Å². The van der Waals surface area contributed by atoms with Crippen molar-refractivity contribution in [2.75, 3.05) is 6.61 Å². The quantitative estimate of drug-likeness (QED) is 0.691.